The molecule has 0 radical (unpaired) electrons. The highest BCUT2D eigenvalue weighted by Gasteiger charge is 2.60. The Balaban J connectivity index is 2.25. The highest BCUT2D eigenvalue weighted by atomic mass is 16.4. The first-order valence-electron chi connectivity index (χ1n) is 10.1. The lowest BCUT2D eigenvalue weighted by atomic mass is 9.97. The zero-order valence-electron chi connectivity index (χ0n) is 18.8. The zero-order chi connectivity index (χ0) is 23.0. The predicted molar refractivity (Wildman–Crippen MR) is 122 cm³/mol. The summed E-state index contributed by atoms with van der Waals surface area (Å²) < 4.78 is -0.139. The van der Waals surface area contributed by atoms with Gasteiger partial charge in [-0.3, -0.25) is 4.79 Å². The van der Waals surface area contributed by atoms with Crippen molar-refractivity contribution in [3.05, 3.63) is 77.2 Å². The molecule has 7 heteroatoms. The highest BCUT2D eigenvalue weighted by Crippen LogP contribution is 2.44. The molecule has 0 fully saturated rings. The van der Waals surface area contributed by atoms with Crippen molar-refractivity contribution in [3.8, 4) is 0 Å². The number of amides is 1. The Hall–Kier alpha value is -3.45. The van der Waals surface area contributed by atoms with Gasteiger partial charge in [-0.05, 0) is 39.8 Å². The Kier molecular flexibility index (Phi) is 5.74. The number of quaternary nitrogens is 1. The fraction of sp³-hybridized carbons (Fsp3) is 0.292. The van der Waals surface area contributed by atoms with E-state index in [0.29, 0.717) is 11.5 Å². The van der Waals surface area contributed by atoms with E-state index in [2.05, 4.69) is 10.3 Å². The molecule has 2 aromatic carbocycles. The summed E-state index contributed by atoms with van der Waals surface area (Å²) in [5.41, 5.74) is 1.60. The van der Waals surface area contributed by atoms with Crippen molar-refractivity contribution in [3.63, 3.8) is 0 Å². The van der Waals surface area contributed by atoms with Gasteiger partial charge >= 0.3 is 11.9 Å². The molecule has 2 aromatic rings. The summed E-state index contributed by atoms with van der Waals surface area (Å²) in [5.74, 6) is -0.993. The second-order valence-electron chi connectivity index (χ2n) is 8.81. The molecule has 0 saturated heterocycles. The van der Waals surface area contributed by atoms with Gasteiger partial charge < -0.3 is 15.3 Å². The number of aliphatic imine (C=N–C) groups is 1. The lowest BCUT2D eigenvalue weighted by Crippen LogP contribution is -2.67. The Morgan fingerprint density at radius 3 is 2.06 bits per heavy atom. The van der Waals surface area contributed by atoms with E-state index in [1.807, 2.05) is 84.3 Å². The largest absolute Gasteiger partial charge is 0.474 e. The number of hydrogen-bond donors (Lipinski definition) is 2. The van der Waals surface area contributed by atoms with Crippen LogP contribution < -0.4 is 9.80 Å². The molecule has 1 unspecified atom stereocenters. The van der Waals surface area contributed by atoms with Crippen LogP contribution in [0.25, 0.3) is 0 Å². The van der Waals surface area contributed by atoms with Gasteiger partial charge in [-0.1, -0.05) is 35.9 Å². The van der Waals surface area contributed by atoms with Gasteiger partial charge in [-0.15, -0.1) is 0 Å². The number of carboxylic acid groups (broad SMARTS) is 1. The molecule has 0 aliphatic carbocycles. The Morgan fingerprint density at radius 2 is 1.58 bits per heavy atom. The topological polar surface area (TPSA) is 82.0 Å². The van der Waals surface area contributed by atoms with E-state index in [1.165, 1.54) is 0 Å². The normalized spacial score (nSPS) is 18.6. The molecule has 1 amide bonds. The van der Waals surface area contributed by atoms with Crippen LogP contribution in [0.3, 0.4) is 0 Å². The van der Waals surface area contributed by atoms with Crippen molar-refractivity contribution >= 4 is 23.5 Å². The summed E-state index contributed by atoms with van der Waals surface area (Å²) in [6, 6.07) is 16.5. The van der Waals surface area contributed by atoms with Crippen molar-refractivity contribution in [2.24, 2.45) is 4.99 Å². The first-order chi connectivity index (χ1) is 14.5. The number of carboxylic acids is 1. The minimum atomic E-state index is -1.14. The van der Waals surface area contributed by atoms with Crippen molar-refractivity contribution < 1.29 is 14.7 Å². The van der Waals surface area contributed by atoms with E-state index in [-0.39, 0.29) is 16.0 Å². The van der Waals surface area contributed by atoms with Crippen molar-refractivity contribution in [1.29, 1.82) is 0 Å². The zero-order valence-corrected chi connectivity index (χ0v) is 18.8. The molecule has 1 aliphatic heterocycles. The van der Waals surface area contributed by atoms with Crippen LogP contribution in [0.2, 0.25) is 0 Å². The predicted octanol–water partition coefficient (Wildman–Crippen LogP) is 3.72. The van der Waals surface area contributed by atoms with E-state index in [4.69, 9.17) is 0 Å². The summed E-state index contributed by atoms with van der Waals surface area (Å²) in [6.45, 7) is 7.83. The summed E-state index contributed by atoms with van der Waals surface area (Å²) in [5, 5.41) is 13.1. The summed E-state index contributed by atoms with van der Waals surface area (Å²) >= 11 is 0. The molecule has 3 rings (SSSR count). The van der Waals surface area contributed by atoms with Gasteiger partial charge in [-0.2, -0.15) is 9.48 Å². The van der Waals surface area contributed by atoms with E-state index >= 15 is 0 Å². The van der Waals surface area contributed by atoms with Gasteiger partial charge in [-0.25, -0.2) is 4.79 Å². The van der Waals surface area contributed by atoms with Crippen LogP contribution in [-0.4, -0.2) is 47.5 Å². The minimum absolute atomic E-state index is 0.00265. The number of benzene rings is 2. The second kappa shape index (κ2) is 8.00. The molecule has 7 nitrogen and oxygen atoms in total. The fourth-order valence-electron chi connectivity index (χ4n) is 4.02. The number of carbonyl (C=O) groups is 2. The maximum Gasteiger partial charge on any atom is 0.395 e. The number of aryl methyl sites for hydroxylation is 1. The van der Waals surface area contributed by atoms with Crippen LogP contribution in [0.4, 0.5) is 5.69 Å². The first kappa shape index (κ1) is 22.2. The Labute approximate surface area is 182 Å². The van der Waals surface area contributed by atoms with Gasteiger partial charge in [0.15, 0.2) is 0 Å². The number of para-hydroxylation sites is 1. The SMILES string of the molecule is Cc1ccc(C(=O)NC2=C(C(=O)O)[N+](c3ccccc3)(C(C)(C)C)C(N(C)C)=N2)cc1. The molecule has 1 aliphatic rings. The van der Waals surface area contributed by atoms with Crippen LogP contribution in [0, 0.1) is 6.92 Å². The summed E-state index contributed by atoms with van der Waals surface area (Å²) in [6.07, 6.45) is 0. The van der Waals surface area contributed by atoms with Crippen LogP contribution in [0.1, 0.15) is 36.7 Å². The van der Waals surface area contributed by atoms with Gasteiger partial charge in [0.05, 0.1) is 0 Å². The number of guanidine groups is 1. The van der Waals surface area contributed by atoms with Crippen LogP contribution in [0.5, 0.6) is 0 Å². The fourth-order valence-corrected chi connectivity index (χ4v) is 4.02. The second-order valence-corrected chi connectivity index (χ2v) is 8.81. The molecular formula is C24H29N4O3+. The first-order valence-corrected chi connectivity index (χ1v) is 10.1. The lowest BCUT2D eigenvalue weighted by molar-refractivity contribution is -0.134. The van der Waals surface area contributed by atoms with Crippen LogP contribution in [0.15, 0.2) is 71.1 Å². The van der Waals surface area contributed by atoms with Crippen molar-refractivity contribution in [2.45, 2.75) is 33.2 Å². The van der Waals surface area contributed by atoms with Gasteiger partial charge in [0.25, 0.3) is 11.6 Å². The molecule has 2 N–H and O–H groups in total. The monoisotopic (exact) mass is 421 g/mol. The molecule has 1 heterocycles. The molecule has 0 saturated carbocycles. The van der Waals surface area contributed by atoms with Crippen LogP contribution >= 0.6 is 0 Å². The molecule has 31 heavy (non-hydrogen) atoms. The molecule has 0 spiro atoms. The third kappa shape index (κ3) is 3.72. The molecular weight excluding hydrogens is 392 g/mol. The summed E-state index contributed by atoms with van der Waals surface area (Å²) in [7, 11) is 3.65. The van der Waals surface area contributed by atoms with Crippen LogP contribution in [-0.2, 0) is 4.79 Å². The number of rotatable bonds is 4. The standard InChI is InChI=1S/C24H28N4O3/c1-16-12-14-17(15-13-16)21(29)25-20-19(22(30)31)28(24(2,3)4,23(26-20)27(5)6)18-10-8-7-9-11-18/h7-15H,1-6H3,(H-,25,29,30,31)/p+1. The van der Waals surface area contributed by atoms with E-state index in [0.717, 1.165) is 11.3 Å². The van der Waals surface area contributed by atoms with E-state index in [1.54, 1.807) is 17.0 Å². The Bertz CT molecular complexity index is 1060. The number of carbonyl (C=O) groups excluding carboxylic acids is 1. The van der Waals surface area contributed by atoms with Crippen molar-refractivity contribution in [1.82, 2.24) is 14.7 Å². The van der Waals surface area contributed by atoms with E-state index in [9.17, 15) is 14.7 Å². The van der Waals surface area contributed by atoms with Gasteiger partial charge in [0, 0.05) is 31.8 Å². The molecule has 0 aromatic heterocycles. The van der Waals surface area contributed by atoms with Crippen molar-refractivity contribution in [2.75, 3.05) is 14.1 Å². The summed E-state index contributed by atoms with van der Waals surface area (Å²) in [4.78, 5) is 32.0. The number of nitrogens with zero attached hydrogens (tertiary/aromatic N) is 3. The third-order valence-corrected chi connectivity index (χ3v) is 5.37. The lowest BCUT2D eigenvalue weighted by Gasteiger charge is -2.45. The number of nitrogens with one attached hydrogen (secondary N) is 1. The highest BCUT2D eigenvalue weighted by molar-refractivity contribution is 6.08. The minimum Gasteiger partial charge on any atom is -0.474 e. The van der Waals surface area contributed by atoms with Gasteiger partial charge in [0.1, 0.15) is 11.2 Å². The molecule has 1 atom stereocenters. The molecule has 0 bridgehead atoms. The Morgan fingerprint density at radius 1 is 1.00 bits per heavy atom. The number of hydrogen-bond acceptors (Lipinski definition) is 4. The van der Waals surface area contributed by atoms with E-state index < -0.39 is 17.4 Å². The smallest absolute Gasteiger partial charge is 0.395 e. The number of aliphatic carboxylic acids is 1. The third-order valence-electron chi connectivity index (χ3n) is 5.37. The maximum absolute atomic E-state index is 12.9. The quantitative estimate of drug-likeness (QED) is 0.738. The van der Waals surface area contributed by atoms with Gasteiger partial charge in [0.2, 0.25) is 5.82 Å². The average Bonchev–Trinajstić information content (AvgIpc) is 3.05. The molecule has 162 valence electrons. The average molecular weight is 422 g/mol. The maximum atomic E-state index is 12.9.